The van der Waals surface area contributed by atoms with E-state index in [9.17, 15) is 5.11 Å². The maximum atomic E-state index is 9.94. The Morgan fingerprint density at radius 1 is 1.23 bits per heavy atom. The van der Waals surface area contributed by atoms with Crippen LogP contribution >= 0.6 is 43.2 Å². The van der Waals surface area contributed by atoms with Gasteiger partial charge < -0.3 is 9.84 Å². The van der Waals surface area contributed by atoms with Crippen LogP contribution in [0.3, 0.4) is 0 Å². The molecule has 3 aromatic rings. The number of aromatic hydroxyl groups is 1. The minimum atomic E-state index is 0.0620. The molecule has 1 heterocycles. The van der Waals surface area contributed by atoms with Crippen molar-refractivity contribution in [2.24, 2.45) is 10.1 Å². The van der Waals surface area contributed by atoms with Crippen LogP contribution in [0, 0.1) is 0 Å². The van der Waals surface area contributed by atoms with Crippen molar-refractivity contribution in [2.45, 2.75) is 0 Å². The van der Waals surface area contributed by atoms with Crippen molar-refractivity contribution in [3.05, 3.63) is 61.1 Å². The number of benzene rings is 2. The molecule has 134 valence electrons. The third-order valence-corrected chi connectivity index (χ3v) is 5.60. The molecule has 0 radical (unpaired) electrons. The van der Waals surface area contributed by atoms with Gasteiger partial charge >= 0.3 is 0 Å². The molecule has 0 aliphatic rings. The summed E-state index contributed by atoms with van der Waals surface area (Å²) >= 11 is 8.35. The van der Waals surface area contributed by atoms with Crippen molar-refractivity contribution in [3.8, 4) is 22.8 Å². The van der Waals surface area contributed by atoms with E-state index in [0.717, 1.165) is 26.1 Å². The number of halogens is 2. The normalized spacial score (nSPS) is 12.1. The number of hydrogen-bond donors (Lipinski definition) is 1. The van der Waals surface area contributed by atoms with Gasteiger partial charge in [-0.05, 0) is 45.8 Å². The minimum Gasteiger partial charge on any atom is -0.503 e. The number of phenolic OH excluding ortho intramolecular Hbond substituents is 1. The monoisotopic (exact) mass is 495 g/mol. The Labute approximate surface area is 171 Å². The van der Waals surface area contributed by atoms with Gasteiger partial charge in [-0.25, -0.2) is 4.68 Å². The zero-order chi connectivity index (χ0) is 18.7. The molecule has 0 unspecified atom stereocenters. The molecule has 3 rings (SSSR count). The van der Waals surface area contributed by atoms with E-state index in [2.05, 4.69) is 42.0 Å². The summed E-state index contributed by atoms with van der Waals surface area (Å²) in [6, 6.07) is 11.5. The van der Waals surface area contributed by atoms with Gasteiger partial charge in [0.05, 0.1) is 23.5 Å². The zero-order valence-corrected chi connectivity index (χ0v) is 18.0. The number of aromatic nitrogens is 1. The highest BCUT2D eigenvalue weighted by molar-refractivity contribution is 9.10. The van der Waals surface area contributed by atoms with Gasteiger partial charge in [-0.1, -0.05) is 28.1 Å². The summed E-state index contributed by atoms with van der Waals surface area (Å²) in [5, 5.41) is 16.6. The molecule has 0 atom stereocenters. The lowest BCUT2D eigenvalue weighted by molar-refractivity contribution is 0.372. The Hall–Kier alpha value is -1.90. The fourth-order valence-electron chi connectivity index (χ4n) is 2.36. The second-order valence-electron chi connectivity index (χ2n) is 5.25. The van der Waals surface area contributed by atoms with E-state index in [0.29, 0.717) is 10.2 Å². The van der Waals surface area contributed by atoms with Crippen LogP contribution in [0.2, 0.25) is 0 Å². The summed E-state index contributed by atoms with van der Waals surface area (Å²) in [6.07, 6.45) is 1.70. The van der Waals surface area contributed by atoms with Crippen LogP contribution in [0.15, 0.2) is 60.8 Å². The predicted octanol–water partition coefficient (Wildman–Crippen LogP) is 4.87. The first-order valence-electron chi connectivity index (χ1n) is 7.53. The number of methoxy groups -OCH3 is 1. The van der Waals surface area contributed by atoms with Crippen LogP contribution in [0.5, 0.6) is 11.5 Å². The lowest BCUT2D eigenvalue weighted by atomic mass is 10.2. The van der Waals surface area contributed by atoms with Crippen molar-refractivity contribution >= 4 is 49.4 Å². The third kappa shape index (κ3) is 3.92. The Bertz CT molecular complexity index is 1040. The highest BCUT2D eigenvalue weighted by Gasteiger charge is 2.09. The number of hydrogen-bond acceptors (Lipinski definition) is 5. The third-order valence-electron chi connectivity index (χ3n) is 3.59. The second kappa shape index (κ2) is 8.20. The molecule has 0 spiro atoms. The van der Waals surface area contributed by atoms with Gasteiger partial charge in [-0.2, -0.15) is 5.10 Å². The fraction of sp³-hybridized carbons (Fsp3) is 0.111. The summed E-state index contributed by atoms with van der Waals surface area (Å²) in [4.78, 5) is 5.08. The fourth-order valence-corrected chi connectivity index (χ4v) is 4.02. The molecular formula is C18H15Br2N3O2S. The molecule has 0 bridgehead atoms. The predicted molar refractivity (Wildman–Crippen MR) is 112 cm³/mol. The van der Waals surface area contributed by atoms with E-state index in [1.165, 1.54) is 18.4 Å². The molecule has 0 saturated carbocycles. The summed E-state index contributed by atoms with van der Waals surface area (Å²) < 4.78 is 8.52. The summed E-state index contributed by atoms with van der Waals surface area (Å²) in [5.74, 6) is 0.440. The molecule has 0 aliphatic carbocycles. The smallest absolute Gasteiger partial charge is 0.205 e. The van der Waals surface area contributed by atoms with Crippen molar-refractivity contribution in [2.75, 3.05) is 14.2 Å². The first-order chi connectivity index (χ1) is 12.5. The van der Waals surface area contributed by atoms with Crippen molar-refractivity contribution in [1.82, 2.24) is 4.68 Å². The number of nitrogens with zero attached hydrogens (tertiary/aromatic N) is 3. The molecular weight excluding hydrogens is 482 g/mol. The topological polar surface area (TPSA) is 59.1 Å². The van der Waals surface area contributed by atoms with Gasteiger partial charge in [0.25, 0.3) is 0 Å². The van der Waals surface area contributed by atoms with E-state index < -0.39 is 0 Å². The van der Waals surface area contributed by atoms with Crippen molar-refractivity contribution in [3.63, 3.8) is 0 Å². The van der Waals surface area contributed by atoms with Crippen molar-refractivity contribution in [1.29, 1.82) is 0 Å². The van der Waals surface area contributed by atoms with E-state index in [4.69, 9.17) is 4.74 Å². The first kappa shape index (κ1) is 18.9. The molecule has 1 aromatic heterocycles. The molecule has 1 N–H and O–H groups in total. The minimum absolute atomic E-state index is 0.0620. The molecule has 8 heteroatoms. The van der Waals surface area contributed by atoms with Gasteiger partial charge in [0, 0.05) is 22.5 Å². The van der Waals surface area contributed by atoms with Crippen molar-refractivity contribution < 1.29 is 9.84 Å². The maximum absolute atomic E-state index is 9.94. The van der Waals surface area contributed by atoms with E-state index in [-0.39, 0.29) is 5.75 Å². The average molecular weight is 497 g/mol. The summed E-state index contributed by atoms with van der Waals surface area (Å²) in [5.41, 5.74) is 2.76. The van der Waals surface area contributed by atoms with Crippen LogP contribution in [0.25, 0.3) is 11.3 Å². The van der Waals surface area contributed by atoms with Gasteiger partial charge in [0.15, 0.2) is 11.5 Å². The van der Waals surface area contributed by atoms with E-state index in [1.807, 2.05) is 29.6 Å². The Kier molecular flexibility index (Phi) is 5.95. The number of ether oxygens (including phenoxy) is 1. The quantitative estimate of drug-likeness (QED) is 0.524. The van der Waals surface area contributed by atoms with Crippen LogP contribution in [-0.4, -0.2) is 30.2 Å². The molecule has 26 heavy (non-hydrogen) atoms. The highest BCUT2D eigenvalue weighted by Crippen LogP contribution is 2.34. The number of phenols is 1. The molecule has 0 fully saturated rings. The standard InChI is InChI=1S/C18H15Br2N3O2S/c1-21-18-23(15(10-26-18)12-4-3-5-13(19)8-12)22-9-11-6-14(20)17(24)16(7-11)25-2/h3-10,24H,1-2H3/b21-18?,22-9-. The molecule has 5 nitrogen and oxygen atoms in total. The van der Waals surface area contributed by atoms with Gasteiger partial charge in [-0.15, -0.1) is 11.3 Å². The van der Waals surface area contributed by atoms with Crippen LogP contribution < -0.4 is 9.54 Å². The van der Waals surface area contributed by atoms with Gasteiger partial charge in [-0.3, -0.25) is 4.99 Å². The zero-order valence-electron chi connectivity index (χ0n) is 14.0. The summed E-state index contributed by atoms with van der Waals surface area (Å²) in [6.45, 7) is 0. The molecule has 0 aliphatic heterocycles. The number of thiazole rings is 1. The van der Waals surface area contributed by atoms with Gasteiger partial charge in [0.2, 0.25) is 4.80 Å². The maximum Gasteiger partial charge on any atom is 0.205 e. The SMILES string of the molecule is CN=c1scc(-c2cccc(Br)c2)n1/N=C\c1cc(Br)c(O)c(OC)c1. The Morgan fingerprint density at radius 3 is 2.73 bits per heavy atom. The van der Waals surface area contributed by atoms with E-state index in [1.54, 1.807) is 30.1 Å². The molecule has 0 amide bonds. The second-order valence-corrected chi connectivity index (χ2v) is 7.85. The Balaban J connectivity index is 2.07. The number of rotatable bonds is 4. The largest absolute Gasteiger partial charge is 0.503 e. The summed E-state index contributed by atoms with van der Waals surface area (Å²) in [7, 11) is 3.25. The highest BCUT2D eigenvalue weighted by atomic mass is 79.9. The van der Waals surface area contributed by atoms with Crippen LogP contribution in [0.4, 0.5) is 0 Å². The Morgan fingerprint density at radius 2 is 2.04 bits per heavy atom. The van der Waals surface area contributed by atoms with Crippen LogP contribution in [0.1, 0.15) is 5.56 Å². The molecule has 2 aromatic carbocycles. The lowest BCUT2D eigenvalue weighted by Gasteiger charge is -2.07. The average Bonchev–Trinajstić information content (AvgIpc) is 3.05. The van der Waals surface area contributed by atoms with Crippen LogP contribution in [-0.2, 0) is 0 Å². The van der Waals surface area contributed by atoms with E-state index >= 15 is 0 Å². The van der Waals surface area contributed by atoms with Gasteiger partial charge in [0.1, 0.15) is 0 Å². The first-order valence-corrected chi connectivity index (χ1v) is 10.00. The lowest BCUT2D eigenvalue weighted by Crippen LogP contribution is -2.11. The molecule has 0 saturated heterocycles.